The lowest BCUT2D eigenvalue weighted by atomic mass is 10.1. The van der Waals surface area contributed by atoms with Gasteiger partial charge >= 0.3 is 0 Å². The minimum Gasteiger partial charge on any atom is -0.380 e. The first-order chi connectivity index (χ1) is 12.7. The molecule has 0 bridgehead atoms. The van der Waals surface area contributed by atoms with Crippen molar-refractivity contribution in [3.05, 3.63) is 53.6 Å². The molecule has 0 aliphatic rings. The molecule has 7 nitrogen and oxygen atoms in total. The molecule has 0 fully saturated rings. The summed E-state index contributed by atoms with van der Waals surface area (Å²) in [5.74, 6) is -0.102. The van der Waals surface area contributed by atoms with E-state index >= 15 is 0 Å². The van der Waals surface area contributed by atoms with Gasteiger partial charge in [-0.05, 0) is 42.3 Å². The molecule has 0 aliphatic carbocycles. The first kappa shape index (κ1) is 20.4. The Morgan fingerprint density at radius 1 is 1.26 bits per heavy atom. The highest BCUT2D eigenvalue weighted by Crippen LogP contribution is 2.21. The van der Waals surface area contributed by atoms with Crippen LogP contribution in [-0.4, -0.2) is 14.3 Å². The summed E-state index contributed by atoms with van der Waals surface area (Å²) in [4.78, 5) is 11.9. The Bertz CT molecular complexity index is 981. The molecule has 0 heterocycles. The van der Waals surface area contributed by atoms with Crippen molar-refractivity contribution in [2.45, 2.75) is 31.7 Å². The Morgan fingerprint density at radius 3 is 2.63 bits per heavy atom. The Labute approximate surface area is 159 Å². The van der Waals surface area contributed by atoms with E-state index in [0.717, 1.165) is 12.0 Å². The number of nitriles is 1. The predicted octanol–water partition coefficient (Wildman–Crippen LogP) is 2.80. The third-order valence-corrected chi connectivity index (χ3v) is 5.09. The molecule has 27 heavy (non-hydrogen) atoms. The van der Waals surface area contributed by atoms with Gasteiger partial charge < -0.3 is 10.6 Å². The zero-order valence-corrected chi connectivity index (χ0v) is 16.0. The normalized spacial score (nSPS) is 12.1. The summed E-state index contributed by atoms with van der Waals surface area (Å²) in [5, 5.41) is 20.3. The van der Waals surface area contributed by atoms with Crippen molar-refractivity contribution in [2.24, 2.45) is 11.1 Å². The average molecular weight is 386 g/mol. The third-order valence-electron chi connectivity index (χ3n) is 4.18. The van der Waals surface area contributed by atoms with Gasteiger partial charge in [-0.1, -0.05) is 26.0 Å². The van der Waals surface area contributed by atoms with Gasteiger partial charge in [0, 0.05) is 18.2 Å². The third kappa shape index (κ3) is 5.54. The van der Waals surface area contributed by atoms with Crippen LogP contribution in [0.25, 0.3) is 0 Å². The number of nitrogens with two attached hydrogens (primary N) is 1. The highest BCUT2D eigenvalue weighted by molar-refractivity contribution is 7.89. The molecule has 0 aromatic heterocycles. The minimum absolute atomic E-state index is 0.0343. The molecule has 1 amide bonds. The average Bonchev–Trinajstić information content (AvgIpc) is 2.65. The predicted molar refractivity (Wildman–Crippen MR) is 104 cm³/mol. The molecule has 0 saturated carbocycles. The second-order valence-corrected chi connectivity index (χ2v) is 7.78. The molecule has 1 atom stereocenters. The molecule has 2 aromatic carbocycles. The van der Waals surface area contributed by atoms with Crippen molar-refractivity contribution < 1.29 is 13.2 Å². The van der Waals surface area contributed by atoms with E-state index in [1.807, 2.05) is 44.2 Å². The van der Waals surface area contributed by atoms with E-state index in [0.29, 0.717) is 17.9 Å². The number of anilines is 2. The van der Waals surface area contributed by atoms with Crippen molar-refractivity contribution in [3.63, 3.8) is 0 Å². The summed E-state index contributed by atoms with van der Waals surface area (Å²) < 4.78 is 22.8. The number of hydrogen-bond acceptors (Lipinski definition) is 5. The highest BCUT2D eigenvalue weighted by Gasteiger charge is 2.12. The zero-order chi connectivity index (χ0) is 20.0. The number of carbonyl (C=O) groups excluding carboxylic acids is 1. The maximum atomic E-state index is 12.0. The number of benzene rings is 2. The first-order valence-corrected chi connectivity index (χ1v) is 10.00. The largest absolute Gasteiger partial charge is 0.380 e. The number of carbonyl (C=O) groups is 1. The number of hydrogen-bond donors (Lipinski definition) is 3. The van der Waals surface area contributed by atoms with Gasteiger partial charge in [-0.3, -0.25) is 4.79 Å². The van der Waals surface area contributed by atoms with E-state index in [1.54, 1.807) is 0 Å². The van der Waals surface area contributed by atoms with Gasteiger partial charge in [-0.25, -0.2) is 13.6 Å². The van der Waals surface area contributed by atoms with Gasteiger partial charge in [0.1, 0.15) is 6.07 Å². The van der Waals surface area contributed by atoms with Gasteiger partial charge in [-0.2, -0.15) is 5.26 Å². The fourth-order valence-corrected chi connectivity index (χ4v) is 2.89. The van der Waals surface area contributed by atoms with Crippen LogP contribution in [0.15, 0.2) is 47.4 Å². The van der Waals surface area contributed by atoms with Crippen LogP contribution in [0, 0.1) is 17.2 Å². The Kier molecular flexibility index (Phi) is 6.55. The quantitative estimate of drug-likeness (QED) is 0.675. The number of primary sulfonamides is 1. The lowest BCUT2D eigenvalue weighted by Crippen LogP contribution is -2.19. The fourth-order valence-electron chi connectivity index (χ4n) is 2.35. The first-order valence-electron chi connectivity index (χ1n) is 8.45. The van der Waals surface area contributed by atoms with Gasteiger partial charge in [0.2, 0.25) is 15.9 Å². The monoisotopic (exact) mass is 386 g/mol. The van der Waals surface area contributed by atoms with Crippen LogP contribution in [0.1, 0.15) is 31.4 Å². The van der Waals surface area contributed by atoms with E-state index in [1.165, 1.54) is 18.2 Å². The van der Waals surface area contributed by atoms with Crippen LogP contribution in [0.3, 0.4) is 0 Å². The lowest BCUT2D eigenvalue weighted by molar-refractivity contribution is -0.119. The van der Waals surface area contributed by atoms with Crippen LogP contribution in [0.2, 0.25) is 0 Å². The van der Waals surface area contributed by atoms with Gasteiger partial charge in [-0.15, -0.1) is 0 Å². The van der Waals surface area contributed by atoms with Crippen LogP contribution in [-0.2, 0) is 21.4 Å². The highest BCUT2D eigenvalue weighted by atomic mass is 32.2. The summed E-state index contributed by atoms with van der Waals surface area (Å²) >= 11 is 0. The Morgan fingerprint density at radius 2 is 2.00 bits per heavy atom. The fraction of sp³-hybridized carbons (Fsp3) is 0.263. The Hall–Kier alpha value is -2.89. The van der Waals surface area contributed by atoms with Gasteiger partial charge in [0.15, 0.2) is 0 Å². The molecule has 1 unspecified atom stereocenters. The van der Waals surface area contributed by atoms with Gasteiger partial charge in [0.25, 0.3) is 0 Å². The Balaban J connectivity index is 2.12. The van der Waals surface area contributed by atoms with Crippen LogP contribution < -0.4 is 15.8 Å². The SMILES string of the molecule is CCC(C)C(=O)Nc1cccc(CNc2ccc(S(N)(=O)=O)cc2C#N)c1. The second kappa shape index (κ2) is 8.66. The van der Waals surface area contributed by atoms with E-state index < -0.39 is 10.0 Å². The summed E-state index contributed by atoms with van der Waals surface area (Å²) in [6.07, 6.45) is 0.762. The molecule has 2 rings (SSSR count). The summed E-state index contributed by atoms with van der Waals surface area (Å²) in [6, 6.07) is 13.4. The molecule has 4 N–H and O–H groups in total. The maximum Gasteiger partial charge on any atom is 0.238 e. The molecule has 0 radical (unpaired) electrons. The lowest BCUT2D eigenvalue weighted by Gasteiger charge is -2.12. The standard InChI is InChI=1S/C19H22N4O3S/c1-3-13(2)19(24)23-16-6-4-5-14(9-16)12-22-18-8-7-17(27(21,25)26)10-15(18)11-20/h4-10,13,22H,3,12H2,1-2H3,(H,23,24)(H2,21,25,26). The van der Waals surface area contributed by atoms with Crippen molar-refractivity contribution in [3.8, 4) is 6.07 Å². The van der Waals surface area contributed by atoms with Crippen molar-refractivity contribution in [2.75, 3.05) is 10.6 Å². The van der Waals surface area contributed by atoms with Crippen molar-refractivity contribution in [1.82, 2.24) is 0 Å². The second-order valence-electron chi connectivity index (χ2n) is 6.22. The number of rotatable bonds is 7. The maximum absolute atomic E-state index is 12.0. The van der Waals surface area contributed by atoms with E-state index in [2.05, 4.69) is 10.6 Å². The molecule has 8 heteroatoms. The molecule has 0 saturated heterocycles. The topological polar surface area (TPSA) is 125 Å². The van der Waals surface area contributed by atoms with Crippen molar-refractivity contribution >= 4 is 27.3 Å². The van der Waals surface area contributed by atoms with Crippen molar-refractivity contribution in [1.29, 1.82) is 5.26 Å². The van der Waals surface area contributed by atoms with Gasteiger partial charge in [0.05, 0.1) is 16.1 Å². The summed E-state index contributed by atoms with van der Waals surface area (Å²) in [6.45, 7) is 4.23. The number of nitrogens with one attached hydrogen (secondary N) is 2. The summed E-state index contributed by atoms with van der Waals surface area (Å²) in [7, 11) is -3.86. The number of nitrogens with zero attached hydrogens (tertiary/aromatic N) is 1. The number of sulfonamides is 1. The molecule has 142 valence electrons. The number of amides is 1. The summed E-state index contributed by atoms with van der Waals surface area (Å²) in [5.41, 5.74) is 2.28. The van der Waals surface area contributed by atoms with Crippen LogP contribution in [0.5, 0.6) is 0 Å². The molecule has 2 aromatic rings. The smallest absolute Gasteiger partial charge is 0.238 e. The van der Waals surface area contributed by atoms with E-state index in [-0.39, 0.29) is 22.3 Å². The molecular weight excluding hydrogens is 364 g/mol. The van der Waals surface area contributed by atoms with Crippen LogP contribution in [0.4, 0.5) is 11.4 Å². The zero-order valence-electron chi connectivity index (χ0n) is 15.2. The molecule has 0 spiro atoms. The van der Waals surface area contributed by atoms with E-state index in [4.69, 9.17) is 5.14 Å². The van der Waals surface area contributed by atoms with Crippen LogP contribution >= 0.6 is 0 Å². The minimum atomic E-state index is -3.86. The molecule has 0 aliphatic heterocycles. The van der Waals surface area contributed by atoms with E-state index in [9.17, 15) is 18.5 Å². The molecular formula is C19H22N4O3S.